The minimum Gasteiger partial charge on any atom is -0.335 e. The van der Waals surface area contributed by atoms with Gasteiger partial charge in [0.25, 0.3) is 0 Å². The fourth-order valence-electron chi connectivity index (χ4n) is 7.89. The summed E-state index contributed by atoms with van der Waals surface area (Å²) in [4.78, 5) is 2.41. The highest BCUT2D eigenvalue weighted by molar-refractivity contribution is 6.09. The molecule has 9 rings (SSSR count). The number of fused-ring (bicyclic) bond motifs is 4. The van der Waals surface area contributed by atoms with Crippen molar-refractivity contribution in [2.75, 3.05) is 4.90 Å². The molecule has 0 aliphatic rings. The number of para-hydroxylation sites is 1. The molecule has 2 heteroatoms. The van der Waals surface area contributed by atoms with Crippen molar-refractivity contribution in [3.05, 3.63) is 188 Å². The van der Waals surface area contributed by atoms with Crippen molar-refractivity contribution in [2.24, 2.45) is 0 Å². The Bertz CT molecular complexity index is 2680. The maximum Gasteiger partial charge on any atom is 0.0546 e. The SMILES string of the molecule is CC(C)(C)n1c2ccccc2c2ccc(-c3ccc(N(c4ccc(-c5ccccc5)cc4)c4ccc5ccccc5c4-c4ccccc4)cc3)cc21. The smallest absolute Gasteiger partial charge is 0.0546 e. The van der Waals surface area contributed by atoms with Crippen LogP contribution < -0.4 is 4.90 Å². The Hall–Kier alpha value is -6.38. The van der Waals surface area contributed by atoms with Gasteiger partial charge >= 0.3 is 0 Å². The van der Waals surface area contributed by atoms with Gasteiger partial charge in [0.05, 0.1) is 11.2 Å². The molecule has 0 aliphatic heterocycles. The summed E-state index contributed by atoms with van der Waals surface area (Å²) >= 11 is 0. The van der Waals surface area contributed by atoms with Crippen LogP contribution in [0.1, 0.15) is 20.8 Å². The monoisotopic (exact) mass is 668 g/mol. The molecule has 0 bridgehead atoms. The average Bonchev–Trinajstić information content (AvgIpc) is 3.54. The molecule has 9 aromatic rings. The molecule has 1 aromatic heterocycles. The Kier molecular flexibility index (Phi) is 7.74. The number of rotatable bonds is 6. The Morgan fingerprint density at radius 2 is 0.885 bits per heavy atom. The lowest BCUT2D eigenvalue weighted by Gasteiger charge is -2.29. The number of aromatic nitrogens is 1. The topological polar surface area (TPSA) is 8.17 Å². The van der Waals surface area contributed by atoms with Gasteiger partial charge in [-0.05, 0) is 102 Å². The first kappa shape index (κ1) is 31.6. The van der Waals surface area contributed by atoms with Gasteiger partial charge in [-0.2, -0.15) is 0 Å². The minimum atomic E-state index is -0.0588. The third kappa shape index (κ3) is 5.54. The molecule has 0 aliphatic carbocycles. The summed E-state index contributed by atoms with van der Waals surface area (Å²) in [5.74, 6) is 0. The minimum absolute atomic E-state index is 0.0588. The number of hydrogen-bond acceptors (Lipinski definition) is 1. The predicted molar refractivity (Wildman–Crippen MR) is 223 cm³/mol. The van der Waals surface area contributed by atoms with Gasteiger partial charge < -0.3 is 9.47 Å². The molecule has 0 unspecified atom stereocenters. The van der Waals surface area contributed by atoms with Gasteiger partial charge in [-0.15, -0.1) is 0 Å². The second-order valence-electron chi connectivity index (χ2n) is 14.6. The maximum absolute atomic E-state index is 2.49. The highest BCUT2D eigenvalue weighted by atomic mass is 15.1. The molecule has 2 nitrogen and oxygen atoms in total. The van der Waals surface area contributed by atoms with Crippen LogP contribution in [-0.4, -0.2) is 4.57 Å². The normalized spacial score (nSPS) is 11.8. The van der Waals surface area contributed by atoms with Crippen LogP contribution in [0.5, 0.6) is 0 Å². The summed E-state index contributed by atoms with van der Waals surface area (Å²) in [6.45, 7) is 6.87. The highest BCUT2D eigenvalue weighted by Crippen LogP contribution is 2.45. The van der Waals surface area contributed by atoms with Crippen LogP contribution in [0, 0.1) is 0 Å². The zero-order chi connectivity index (χ0) is 35.2. The largest absolute Gasteiger partial charge is 0.335 e. The summed E-state index contributed by atoms with van der Waals surface area (Å²) in [7, 11) is 0. The summed E-state index contributed by atoms with van der Waals surface area (Å²) in [5.41, 5.74) is 13.1. The maximum atomic E-state index is 2.49. The van der Waals surface area contributed by atoms with Gasteiger partial charge in [-0.25, -0.2) is 0 Å². The fraction of sp³-hybridized carbons (Fsp3) is 0.0800. The molecule has 1 heterocycles. The first-order chi connectivity index (χ1) is 25.4. The molecule has 0 saturated carbocycles. The number of nitrogens with zero attached hydrogens (tertiary/aromatic N) is 2. The molecule has 0 radical (unpaired) electrons. The van der Waals surface area contributed by atoms with E-state index in [9.17, 15) is 0 Å². The molecule has 0 saturated heterocycles. The lowest BCUT2D eigenvalue weighted by molar-refractivity contribution is 0.423. The lowest BCUT2D eigenvalue weighted by Crippen LogP contribution is -2.21. The molecule has 8 aromatic carbocycles. The van der Waals surface area contributed by atoms with Crippen LogP contribution in [0.2, 0.25) is 0 Å². The summed E-state index contributed by atoms with van der Waals surface area (Å²) in [6, 6.07) is 68.4. The Balaban J connectivity index is 1.20. The van der Waals surface area contributed by atoms with Crippen molar-refractivity contribution in [3.8, 4) is 33.4 Å². The average molecular weight is 669 g/mol. The van der Waals surface area contributed by atoms with Crippen molar-refractivity contribution in [1.82, 2.24) is 4.57 Å². The molecule has 0 atom stereocenters. The third-order valence-electron chi connectivity index (χ3n) is 10.2. The van der Waals surface area contributed by atoms with Crippen LogP contribution in [0.4, 0.5) is 17.1 Å². The van der Waals surface area contributed by atoms with Gasteiger partial charge in [0.1, 0.15) is 0 Å². The number of anilines is 3. The van der Waals surface area contributed by atoms with Crippen molar-refractivity contribution in [2.45, 2.75) is 26.3 Å². The van der Waals surface area contributed by atoms with Crippen molar-refractivity contribution in [3.63, 3.8) is 0 Å². The van der Waals surface area contributed by atoms with Crippen LogP contribution in [0.25, 0.3) is 66.0 Å². The van der Waals surface area contributed by atoms with Crippen LogP contribution in [0.3, 0.4) is 0 Å². The van der Waals surface area contributed by atoms with Crippen LogP contribution in [0.15, 0.2) is 188 Å². The van der Waals surface area contributed by atoms with Crippen molar-refractivity contribution in [1.29, 1.82) is 0 Å². The van der Waals surface area contributed by atoms with E-state index in [0.29, 0.717) is 0 Å². The predicted octanol–water partition coefficient (Wildman–Crippen LogP) is 14.2. The van der Waals surface area contributed by atoms with E-state index in [1.165, 1.54) is 66.0 Å². The summed E-state index contributed by atoms with van der Waals surface area (Å²) in [5, 5.41) is 5.05. The number of hydrogen-bond donors (Lipinski definition) is 0. The molecular weight excluding hydrogens is 629 g/mol. The Morgan fingerprint density at radius 1 is 0.385 bits per heavy atom. The second-order valence-corrected chi connectivity index (χ2v) is 14.6. The van der Waals surface area contributed by atoms with E-state index < -0.39 is 0 Å². The Morgan fingerprint density at radius 3 is 1.54 bits per heavy atom. The van der Waals surface area contributed by atoms with E-state index in [4.69, 9.17) is 0 Å². The lowest BCUT2D eigenvalue weighted by atomic mass is 9.95. The van der Waals surface area contributed by atoms with Crippen LogP contribution in [-0.2, 0) is 5.54 Å². The fourth-order valence-corrected chi connectivity index (χ4v) is 7.89. The highest BCUT2D eigenvalue weighted by Gasteiger charge is 2.22. The molecule has 250 valence electrons. The van der Waals surface area contributed by atoms with Crippen molar-refractivity contribution >= 4 is 49.6 Å². The van der Waals surface area contributed by atoms with E-state index in [0.717, 1.165) is 17.1 Å². The molecular formula is C50H40N2. The quantitative estimate of drug-likeness (QED) is 0.171. The molecule has 0 N–H and O–H groups in total. The van der Waals surface area contributed by atoms with Crippen LogP contribution >= 0.6 is 0 Å². The third-order valence-corrected chi connectivity index (χ3v) is 10.2. The van der Waals surface area contributed by atoms with E-state index in [-0.39, 0.29) is 5.54 Å². The molecule has 0 amide bonds. The first-order valence-electron chi connectivity index (χ1n) is 18.1. The van der Waals surface area contributed by atoms with Gasteiger partial charge in [-0.1, -0.05) is 146 Å². The zero-order valence-corrected chi connectivity index (χ0v) is 29.8. The van der Waals surface area contributed by atoms with Gasteiger partial charge in [-0.3, -0.25) is 0 Å². The molecule has 0 spiro atoms. The summed E-state index contributed by atoms with van der Waals surface area (Å²) < 4.78 is 2.49. The standard InChI is InChI=1S/C50H40N2/c1-50(2,3)52-46-21-13-12-20-44(46)45-32-26-40(34-48(45)52)37-24-30-42(31-25-37)51(41-28-22-36(23-29-41)35-14-6-4-7-15-35)47-33-27-38-16-10-11-19-43(38)49(47)39-17-8-5-9-18-39/h4-34H,1-3H3. The summed E-state index contributed by atoms with van der Waals surface area (Å²) in [6.07, 6.45) is 0. The first-order valence-corrected chi connectivity index (χ1v) is 18.1. The van der Waals surface area contributed by atoms with Gasteiger partial charge in [0.2, 0.25) is 0 Å². The Labute approximate surface area is 305 Å². The van der Waals surface area contributed by atoms with E-state index in [2.05, 4.69) is 218 Å². The van der Waals surface area contributed by atoms with E-state index in [1.807, 2.05) is 0 Å². The van der Waals surface area contributed by atoms with E-state index in [1.54, 1.807) is 0 Å². The number of benzene rings is 8. The van der Waals surface area contributed by atoms with Gasteiger partial charge in [0, 0.05) is 38.8 Å². The zero-order valence-electron chi connectivity index (χ0n) is 29.8. The van der Waals surface area contributed by atoms with Gasteiger partial charge in [0.15, 0.2) is 0 Å². The van der Waals surface area contributed by atoms with Crippen molar-refractivity contribution < 1.29 is 0 Å². The second kappa shape index (κ2) is 12.7. The van der Waals surface area contributed by atoms with E-state index >= 15 is 0 Å². The molecule has 52 heavy (non-hydrogen) atoms. The molecule has 0 fully saturated rings.